The molecule has 2 aromatic rings. The highest BCUT2D eigenvalue weighted by Gasteiger charge is 2.32. The SMILES string of the molecule is Cc1n[nH]c(C)c1S(=O)(=O)N1CCCN(C(=O)c2cccnc2)CC1. The van der Waals surface area contributed by atoms with Gasteiger partial charge < -0.3 is 4.90 Å². The first-order chi connectivity index (χ1) is 11.9. The van der Waals surface area contributed by atoms with E-state index in [4.69, 9.17) is 0 Å². The Hall–Kier alpha value is -2.26. The average molecular weight is 363 g/mol. The normalized spacial score (nSPS) is 16.6. The van der Waals surface area contributed by atoms with Crippen LogP contribution in [0.15, 0.2) is 29.4 Å². The van der Waals surface area contributed by atoms with Gasteiger partial charge in [-0.2, -0.15) is 9.40 Å². The summed E-state index contributed by atoms with van der Waals surface area (Å²) < 4.78 is 27.3. The van der Waals surface area contributed by atoms with Gasteiger partial charge >= 0.3 is 0 Å². The zero-order valence-corrected chi connectivity index (χ0v) is 15.1. The zero-order valence-electron chi connectivity index (χ0n) is 14.3. The van der Waals surface area contributed by atoms with Crippen LogP contribution < -0.4 is 0 Å². The molecule has 0 aromatic carbocycles. The maximum atomic E-state index is 12.9. The van der Waals surface area contributed by atoms with Crippen molar-refractivity contribution >= 4 is 15.9 Å². The van der Waals surface area contributed by atoms with Gasteiger partial charge in [0.2, 0.25) is 10.0 Å². The molecule has 25 heavy (non-hydrogen) atoms. The first-order valence-electron chi connectivity index (χ1n) is 8.12. The van der Waals surface area contributed by atoms with E-state index in [1.165, 1.54) is 10.5 Å². The van der Waals surface area contributed by atoms with Gasteiger partial charge in [0.05, 0.1) is 17.0 Å². The molecule has 0 saturated carbocycles. The smallest absolute Gasteiger partial charge is 0.255 e. The molecule has 3 rings (SSSR count). The summed E-state index contributed by atoms with van der Waals surface area (Å²) in [5.41, 5.74) is 1.51. The van der Waals surface area contributed by atoms with E-state index < -0.39 is 10.0 Å². The largest absolute Gasteiger partial charge is 0.337 e. The molecule has 1 saturated heterocycles. The van der Waals surface area contributed by atoms with Crippen LogP contribution in [0.5, 0.6) is 0 Å². The van der Waals surface area contributed by atoms with E-state index in [9.17, 15) is 13.2 Å². The lowest BCUT2D eigenvalue weighted by Crippen LogP contribution is -2.37. The Morgan fingerprint density at radius 2 is 2.00 bits per heavy atom. The van der Waals surface area contributed by atoms with Gasteiger partial charge in [-0.05, 0) is 32.4 Å². The Morgan fingerprint density at radius 1 is 1.20 bits per heavy atom. The van der Waals surface area contributed by atoms with E-state index in [0.29, 0.717) is 43.0 Å². The monoisotopic (exact) mass is 363 g/mol. The quantitative estimate of drug-likeness (QED) is 0.876. The molecule has 1 amide bonds. The standard InChI is InChI=1S/C16H21N5O3S/c1-12-15(13(2)19-18-12)25(23,24)21-8-4-7-20(9-10-21)16(22)14-5-3-6-17-11-14/h3,5-6,11H,4,7-10H2,1-2H3,(H,18,19). The lowest BCUT2D eigenvalue weighted by Gasteiger charge is -2.22. The molecule has 8 nitrogen and oxygen atoms in total. The van der Waals surface area contributed by atoms with Gasteiger partial charge in [0.25, 0.3) is 5.91 Å². The summed E-state index contributed by atoms with van der Waals surface area (Å²) in [6.45, 7) is 4.88. The third-order valence-corrected chi connectivity index (χ3v) is 6.47. The molecule has 1 N–H and O–H groups in total. The predicted octanol–water partition coefficient (Wildman–Crippen LogP) is 0.958. The van der Waals surface area contributed by atoms with E-state index in [1.807, 2.05) is 0 Å². The zero-order chi connectivity index (χ0) is 18.0. The topological polar surface area (TPSA) is 99.3 Å². The molecule has 9 heteroatoms. The van der Waals surface area contributed by atoms with Crippen molar-refractivity contribution in [3.05, 3.63) is 41.5 Å². The first-order valence-corrected chi connectivity index (χ1v) is 9.56. The molecule has 0 aliphatic carbocycles. The van der Waals surface area contributed by atoms with Crippen LogP contribution >= 0.6 is 0 Å². The average Bonchev–Trinajstić information content (AvgIpc) is 2.81. The van der Waals surface area contributed by atoms with Gasteiger partial charge in [-0.15, -0.1) is 0 Å². The Bertz CT molecular complexity index is 844. The number of H-pyrrole nitrogens is 1. The molecular formula is C16H21N5O3S. The minimum Gasteiger partial charge on any atom is -0.337 e. The number of carbonyl (C=O) groups is 1. The van der Waals surface area contributed by atoms with E-state index in [-0.39, 0.29) is 17.3 Å². The third kappa shape index (κ3) is 3.42. The molecular weight excluding hydrogens is 342 g/mol. The highest BCUT2D eigenvalue weighted by molar-refractivity contribution is 7.89. The number of hydrogen-bond donors (Lipinski definition) is 1. The van der Waals surface area contributed by atoms with Gasteiger partial charge in [-0.1, -0.05) is 0 Å². The second kappa shape index (κ2) is 6.93. The van der Waals surface area contributed by atoms with E-state index in [0.717, 1.165) is 0 Å². The molecule has 0 spiro atoms. The Morgan fingerprint density at radius 3 is 2.64 bits per heavy atom. The fourth-order valence-corrected chi connectivity index (χ4v) is 4.86. The number of sulfonamides is 1. The van der Waals surface area contributed by atoms with E-state index in [1.54, 1.807) is 37.1 Å². The number of carbonyl (C=O) groups excluding carboxylic acids is 1. The number of aromatic nitrogens is 3. The highest BCUT2D eigenvalue weighted by atomic mass is 32.2. The van der Waals surface area contributed by atoms with Crippen molar-refractivity contribution in [1.82, 2.24) is 24.4 Å². The summed E-state index contributed by atoms with van der Waals surface area (Å²) in [5.74, 6) is -0.122. The van der Waals surface area contributed by atoms with Crippen LogP contribution in [0, 0.1) is 13.8 Å². The summed E-state index contributed by atoms with van der Waals surface area (Å²) in [6, 6.07) is 3.43. The number of aryl methyl sites for hydroxylation is 2. The van der Waals surface area contributed by atoms with Gasteiger partial charge in [0.15, 0.2) is 0 Å². The molecule has 2 aromatic heterocycles. The minimum absolute atomic E-state index is 0.122. The van der Waals surface area contributed by atoms with Crippen LogP contribution in [-0.2, 0) is 10.0 Å². The van der Waals surface area contributed by atoms with E-state index in [2.05, 4.69) is 15.2 Å². The molecule has 0 bridgehead atoms. The van der Waals surface area contributed by atoms with Crippen LogP contribution in [0.4, 0.5) is 0 Å². The maximum Gasteiger partial charge on any atom is 0.255 e. The highest BCUT2D eigenvalue weighted by Crippen LogP contribution is 2.23. The Labute approximate surface area is 146 Å². The van der Waals surface area contributed by atoms with Crippen LogP contribution in [-0.4, -0.2) is 64.9 Å². The number of pyridine rings is 1. The number of nitrogens with one attached hydrogen (secondary N) is 1. The van der Waals surface area contributed by atoms with Gasteiger partial charge in [0.1, 0.15) is 4.90 Å². The summed E-state index contributed by atoms with van der Waals surface area (Å²) in [4.78, 5) is 18.4. The maximum absolute atomic E-state index is 12.9. The van der Waals surface area contributed by atoms with Crippen molar-refractivity contribution in [3.8, 4) is 0 Å². The van der Waals surface area contributed by atoms with Crippen molar-refractivity contribution in [2.45, 2.75) is 25.2 Å². The molecule has 0 atom stereocenters. The van der Waals surface area contributed by atoms with Crippen molar-refractivity contribution in [2.75, 3.05) is 26.2 Å². The number of nitrogens with zero attached hydrogens (tertiary/aromatic N) is 4. The summed E-state index contributed by atoms with van der Waals surface area (Å²) in [6.07, 6.45) is 3.73. The van der Waals surface area contributed by atoms with Crippen LogP contribution in [0.3, 0.4) is 0 Å². The molecule has 1 aliphatic heterocycles. The molecule has 134 valence electrons. The Kier molecular flexibility index (Phi) is 4.87. The third-order valence-electron chi connectivity index (χ3n) is 4.31. The first kappa shape index (κ1) is 17.6. The number of amides is 1. The van der Waals surface area contributed by atoms with Crippen molar-refractivity contribution in [2.24, 2.45) is 0 Å². The van der Waals surface area contributed by atoms with Crippen LogP contribution in [0.25, 0.3) is 0 Å². The van der Waals surface area contributed by atoms with Crippen LogP contribution in [0.2, 0.25) is 0 Å². The van der Waals surface area contributed by atoms with Gasteiger partial charge in [-0.25, -0.2) is 8.42 Å². The molecule has 0 radical (unpaired) electrons. The fraction of sp³-hybridized carbons (Fsp3) is 0.438. The van der Waals surface area contributed by atoms with E-state index >= 15 is 0 Å². The van der Waals surface area contributed by atoms with Crippen molar-refractivity contribution in [3.63, 3.8) is 0 Å². The van der Waals surface area contributed by atoms with Gasteiger partial charge in [0, 0.05) is 38.6 Å². The van der Waals surface area contributed by atoms with Gasteiger partial charge in [-0.3, -0.25) is 14.9 Å². The molecule has 1 aliphatic rings. The number of aromatic amines is 1. The molecule has 1 fully saturated rings. The minimum atomic E-state index is -3.63. The summed E-state index contributed by atoms with van der Waals surface area (Å²) in [7, 11) is -3.63. The predicted molar refractivity (Wildman–Crippen MR) is 91.6 cm³/mol. The molecule has 0 unspecified atom stereocenters. The van der Waals surface area contributed by atoms with Crippen molar-refractivity contribution in [1.29, 1.82) is 0 Å². The second-order valence-corrected chi connectivity index (χ2v) is 7.93. The lowest BCUT2D eigenvalue weighted by molar-refractivity contribution is 0.0764. The lowest BCUT2D eigenvalue weighted by atomic mass is 10.2. The summed E-state index contributed by atoms with van der Waals surface area (Å²) in [5, 5.41) is 6.70. The molecule has 3 heterocycles. The Balaban J connectivity index is 1.77. The van der Waals surface area contributed by atoms with Crippen LogP contribution in [0.1, 0.15) is 28.2 Å². The fourth-order valence-electron chi connectivity index (χ4n) is 3.06. The number of rotatable bonds is 3. The number of hydrogen-bond acceptors (Lipinski definition) is 5. The second-order valence-electron chi connectivity index (χ2n) is 6.05. The summed E-state index contributed by atoms with van der Waals surface area (Å²) >= 11 is 0. The van der Waals surface area contributed by atoms with Crippen molar-refractivity contribution < 1.29 is 13.2 Å².